The predicted molar refractivity (Wildman–Crippen MR) is 214 cm³/mol. The zero-order valence-corrected chi connectivity index (χ0v) is 32.9. The van der Waals surface area contributed by atoms with Crippen molar-refractivity contribution in [2.24, 2.45) is 11.3 Å². The Labute approximate surface area is 327 Å². The summed E-state index contributed by atoms with van der Waals surface area (Å²) in [5, 5.41) is 24.7. The molecule has 13 heteroatoms. The molecule has 9 rings (SSSR count). The van der Waals surface area contributed by atoms with Gasteiger partial charge in [0.15, 0.2) is 17.2 Å². The fourth-order valence-corrected chi connectivity index (χ4v) is 10.0. The summed E-state index contributed by atoms with van der Waals surface area (Å²) in [5.41, 5.74) is 6.12. The van der Waals surface area contributed by atoms with Gasteiger partial charge in [0.25, 0.3) is 0 Å². The molecule has 13 nitrogen and oxygen atoms in total. The maximum atomic E-state index is 12.6. The highest BCUT2D eigenvalue weighted by Crippen LogP contribution is 2.52. The number of fused-ring (bicyclic) bond motifs is 3. The van der Waals surface area contributed by atoms with Crippen LogP contribution in [-0.2, 0) is 16.0 Å². The molecule has 4 aromatic heterocycles. The fourth-order valence-electron chi connectivity index (χ4n) is 10.0. The molecule has 0 radical (unpaired) electrons. The molecule has 0 bridgehead atoms. The lowest BCUT2D eigenvalue weighted by molar-refractivity contribution is -0.146. The van der Waals surface area contributed by atoms with Crippen LogP contribution in [0.5, 0.6) is 5.75 Å². The molecular formula is C43H53N9O4. The molecule has 0 amide bonds. The Morgan fingerprint density at radius 3 is 2.50 bits per heavy atom. The minimum Gasteiger partial charge on any atom is -0.507 e. The largest absolute Gasteiger partial charge is 0.507 e. The van der Waals surface area contributed by atoms with Crippen LogP contribution >= 0.6 is 0 Å². The summed E-state index contributed by atoms with van der Waals surface area (Å²) in [6.07, 6.45) is 12.1. The number of aromatic hydroxyl groups is 1. The van der Waals surface area contributed by atoms with Crippen LogP contribution in [0.15, 0.2) is 53.3 Å². The molecule has 7 heterocycles. The molecule has 1 saturated carbocycles. The Morgan fingerprint density at radius 1 is 1.04 bits per heavy atom. The summed E-state index contributed by atoms with van der Waals surface area (Å²) in [6, 6.07) is 12.0. The Morgan fingerprint density at radius 2 is 1.79 bits per heavy atom. The van der Waals surface area contributed by atoms with Gasteiger partial charge in [0.1, 0.15) is 11.7 Å². The van der Waals surface area contributed by atoms with E-state index in [1.165, 1.54) is 42.5 Å². The summed E-state index contributed by atoms with van der Waals surface area (Å²) in [5.74, 6) is 2.26. The number of H-pyrrole nitrogens is 1. The van der Waals surface area contributed by atoms with E-state index < -0.39 is 5.92 Å². The number of para-hydroxylation sites is 1. The molecule has 1 spiro atoms. The van der Waals surface area contributed by atoms with Gasteiger partial charge in [-0.05, 0) is 106 Å². The highest BCUT2D eigenvalue weighted by molar-refractivity contribution is 5.86. The van der Waals surface area contributed by atoms with Crippen LogP contribution in [0.4, 0.5) is 11.8 Å². The molecule has 1 aromatic carbocycles. The molecule has 3 aliphatic heterocycles. The van der Waals surface area contributed by atoms with Gasteiger partial charge in [-0.1, -0.05) is 31.1 Å². The first-order chi connectivity index (χ1) is 27.2. The van der Waals surface area contributed by atoms with Crippen molar-refractivity contribution in [1.82, 2.24) is 35.2 Å². The van der Waals surface area contributed by atoms with Crippen LogP contribution in [0.2, 0.25) is 0 Å². The first kappa shape index (κ1) is 36.6. The second kappa shape index (κ2) is 14.8. The van der Waals surface area contributed by atoms with E-state index in [0.717, 1.165) is 74.8 Å². The number of carbonyl (C=O) groups is 1. The molecule has 5 aromatic rings. The van der Waals surface area contributed by atoms with Crippen LogP contribution < -0.4 is 9.80 Å². The van der Waals surface area contributed by atoms with Gasteiger partial charge in [-0.25, -0.2) is 9.97 Å². The van der Waals surface area contributed by atoms with Crippen molar-refractivity contribution in [3.05, 3.63) is 71.4 Å². The monoisotopic (exact) mass is 759 g/mol. The van der Waals surface area contributed by atoms with Crippen LogP contribution in [0, 0.1) is 11.3 Å². The number of carbonyl (C=O) groups excluding carboxylic acids is 1. The van der Waals surface area contributed by atoms with E-state index in [-0.39, 0.29) is 23.7 Å². The van der Waals surface area contributed by atoms with Crippen molar-refractivity contribution >= 4 is 28.8 Å². The van der Waals surface area contributed by atoms with E-state index in [4.69, 9.17) is 19.2 Å². The number of phenolic OH excluding ortho intramolecular Hbond substituents is 1. The van der Waals surface area contributed by atoms with Crippen molar-refractivity contribution in [3.63, 3.8) is 0 Å². The van der Waals surface area contributed by atoms with Crippen LogP contribution in [0.25, 0.3) is 22.3 Å². The number of piperidine rings is 2. The average molecular weight is 760 g/mol. The number of rotatable bonds is 9. The van der Waals surface area contributed by atoms with E-state index in [2.05, 4.69) is 54.4 Å². The number of aromatic amines is 1. The molecule has 1 unspecified atom stereocenters. The first-order valence-corrected chi connectivity index (χ1v) is 20.6. The van der Waals surface area contributed by atoms with Gasteiger partial charge in [0.2, 0.25) is 5.95 Å². The van der Waals surface area contributed by atoms with Gasteiger partial charge < -0.3 is 34.1 Å². The van der Waals surface area contributed by atoms with Crippen molar-refractivity contribution in [2.45, 2.75) is 96.6 Å². The molecule has 4 aliphatic rings. The average Bonchev–Trinajstić information content (AvgIpc) is 3.83. The van der Waals surface area contributed by atoms with E-state index in [1.807, 2.05) is 51.1 Å². The number of nitrogens with zero attached hydrogens (tertiary/aromatic N) is 8. The lowest BCUT2D eigenvalue weighted by Crippen LogP contribution is -2.56. The van der Waals surface area contributed by atoms with Crippen LogP contribution in [-0.4, -0.2) is 91.7 Å². The number of anilines is 2. The van der Waals surface area contributed by atoms with Gasteiger partial charge in [-0.2, -0.15) is 0 Å². The van der Waals surface area contributed by atoms with Crippen molar-refractivity contribution in [3.8, 4) is 17.0 Å². The summed E-state index contributed by atoms with van der Waals surface area (Å²) in [4.78, 5) is 33.3. The Bertz CT molecular complexity index is 2170. The third-order valence-corrected chi connectivity index (χ3v) is 13.3. The lowest BCUT2D eigenvalue weighted by atomic mass is 9.59. The number of hydrogen-bond donors (Lipinski definition) is 2. The molecular weight excluding hydrogens is 707 g/mol. The quantitative estimate of drug-likeness (QED) is 0.147. The summed E-state index contributed by atoms with van der Waals surface area (Å²) >= 11 is 0. The Kier molecular flexibility index (Phi) is 9.67. The molecule has 2 saturated heterocycles. The smallest absolute Gasteiger partial charge is 0.317 e. The Balaban J connectivity index is 0.774. The van der Waals surface area contributed by atoms with Crippen molar-refractivity contribution < 1.29 is 19.2 Å². The summed E-state index contributed by atoms with van der Waals surface area (Å²) in [7, 11) is 0. The Hall–Kier alpha value is -5.04. The number of aromatic nitrogens is 6. The highest BCUT2D eigenvalue weighted by Gasteiger charge is 2.48. The fraction of sp³-hybridized carbons (Fsp3) is 0.535. The van der Waals surface area contributed by atoms with E-state index in [1.54, 1.807) is 6.07 Å². The van der Waals surface area contributed by atoms with Gasteiger partial charge in [-0.3, -0.25) is 4.79 Å². The number of nitrogens with one attached hydrogen (secondary N) is 1. The van der Waals surface area contributed by atoms with E-state index >= 15 is 0 Å². The second-order valence-electron chi connectivity index (χ2n) is 16.9. The number of ether oxygens (including phenoxy) is 1. The predicted octanol–water partition coefficient (Wildman–Crippen LogP) is 7.16. The normalized spacial score (nSPS) is 21.1. The number of benzene rings is 1. The second-order valence-corrected chi connectivity index (χ2v) is 16.9. The third-order valence-electron chi connectivity index (χ3n) is 13.3. The maximum Gasteiger partial charge on any atom is 0.317 e. The molecule has 3 fully saturated rings. The minimum atomic E-state index is -0.431. The lowest BCUT2D eigenvalue weighted by Gasteiger charge is -2.56. The number of esters is 1. The van der Waals surface area contributed by atoms with Crippen molar-refractivity contribution in [1.29, 1.82) is 0 Å². The van der Waals surface area contributed by atoms with Gasteiger partial charge in [0.05, 0.1) is 18.3 Å². The molecule has 56 heavy (non-hydrogen) atoms. The molecule has 1 aliphatic carbocycles. The number of hydrogen-bond acceptors (Lipinski definition) is 12. The molecule has 2 atom stereocenters. The zero-order valence-electron chi connectivity index (χ0n) is 32.9. The molecule has 2 N–H and O–H groups in total. The maximum absolute atomic E-state index is 12.6. The number of phenols is 1. The third kappa shape index (κ3) is 6.67. The molecule has 294 valence electrons. The van der Waals surface area contributed by atoms with Crippen LogP contribution in [0.1, 0.15) is 107 Å². The SMILES string of the molecule is CCOC(=O)C(c1cc(N2CCC3(CC2)CC(N2CCC(c4cnc(N5CCc6[nH]c7nnc(-c8ccccc8O)cc7c6[C@H]5C)nc4)CC2)C3)no1)C(C)C. The van der Waals surface area contributed by atoms with Gasteiger partial charge in [-0.15, -0.1) is 10.2 Å². The highest BCUT2D eigenvalue weighted by atomic mass is 16.5. The van der Waals surface area contributed by atoms with E-state index in [0.29, 0.717) is 41.0 Å². The topological polar surface area (TPSA) is 150 Å². The van der Waals surface area contributed by atoms with Crippen molar-refractivity contribution in [2.75, 3.05) is 49.1 Å². The zero-order chi connectivity index (χ0) is 38.6. The van der Waals surface area contributed by atoms with Gasteiger partial charge >= 0.3 is 5.97 Å². The first-order valence-electron chi connectivity index (χ1n) is 20.6. The van der Waals surface area contributed by atoms with E-state index in [9.17, 15) is 9.90 Å². The van der Waals surface area contributed by atoms with Gasteiger partial charge in [0, 0.05) is 72.8 Å². The number of likely N-dealkylation sites (tertiary alicyclic amines) is 1. The summed E-state index contributed by atoms with van der Waals surface area (Å²) < 4.78 is 11.0. The minimum absolute atomic E-state index is 0.0523. The summed E-state index contributed by atoms with van der Waals surface area (Å²) in [6.45, 7) is 13.4. The standard InChI is InChI=1S/C43H53N9O4/c1-5-55-41(54)38(26(2)3)36-21-37(49-56-36)51-18-13-43(14-19-51)22-30(23-43)50-15-10-28(11-16-50)29-24-44-42(45-25-29)52-17-12-33-39(27(52)4)32-20-34(47-48-40(32)46-33)31-8-6-7-9-35(31)53/h6-9,20-21,24-28,30,38,53H,5,10-19,22-23H2,1-4H3,(H,46,48)/t27-,38?/m1/s1. The van der Waals surface area contributed by atoms with Crippen LogP contribution in [0.3, 0.4) is 0 Å².